The van der Waals surface area contributed by atoms with E-state index >= 15 is 0 Å². The van der Waals surface area contributed by atoms with Crippen LogP contribution in [0.1, 0.15) is 24.6 Å². The van der Waals surface area contributed by atoms with E-state index in [1.54, 1.807) is 13.0 Å². The molecule has 0 spiro atoms. The minimum absolute atomic E-state index is 0.133. The highest BCUT2D eigenvalue weighted by Gasteiger charge is 2.20. The first-order valence-electron chi connectivity index (χ1n) is 6.02. The first-order valence-corrected chi connectivity index (χ1v) is 8.32. The molecule has 0 unspecified atom stereocenters. The second-order valence-electron chi connectivity index (χ2n) is 4.49. The third-order valence-corrected chi connectivity index (χ3v) is 4.43. The van der Waals surface area contributed by atoms with Gasteiger partial charge in [-0.05, 0) is 19.1 Å². The summed E-state index contributed by atoms with van der Waals surface area (Å²) in [6, 6.07) is 3.35. The molecule has 0 saturated heterocycles. The molecule has 7 nitrogen and oxygen atoms in total. The molecule has 0 amide bonds. The van der Waals surface area contributed by atoms with Crippen LogP contribution in [0, 0.1) is 6.92 Å². The Labute approximate surface area is 121 Å². The Morgan fingerprint density at radius 3 is 2.70 bits per heavy atom. The average Bonchev–Trinajstić information content (AvgIpc) is 2.95. The van der Waals surface area contributed by atoms with E-state index in [1.807, 2.05) is 13.8 Å². The Morgan fingerprint density at radius 1 is 1.35 bits per heavy atom. The number of nitrogens with one attached hydrogen (secondary N) is 2. The van der Waals surface area contributed by atoms with Gasteiger partial charge in [0.2, 0.25) is 10.2 Å². The third kappa shape index (κ3) is 3.78. The van der Waals surface area contributed by atoms with Gasteiger partial charge in [-0.1, -0.05) is 25.2 Å². The minimum Gasteiger partial charge on any atom is -0.446 e. The maximum Gasteiger partial charge on any atom is 0.297 e. The zero-order chi connectivity index (χ0) is 14.8. The summed E-state index contributed by atoms with van der Waals surface area (Å²) in [7, 11) is -3.75. The molecule has 2 N–H and O–H groups in total. The maximum atomic E-state index is 12.1. The first kappa shape index (κ1) is 14.9. The van der Waals surface area contributed by atoms with E-state index in [4.69, 9.17) is 4.42 Å². The molecule has 2 aromatic heterocycles. The molecule has 0 radical (unpaired) electrons. The standard InChI is InChI=1S/C11H16N4O3S2/c1-7(2)12-6-9-4-5-10(18-9)20(16,17)15-11-14-13-8(3)19-11/h4-5,7,12H,6H2,1-3H3,(H,14,15). The molecule has 0 aliphatic rings. The van der Waals surface area contributed by atoms with Crippen LogP contribution in [-0.4, -0.2) is 24.7 Å². The summed E-state index contributed by atoms with van der Waals surface area (Å²) in [5, 5.41) is 11.4. The van der Waals surface area contributed by atoms with E-state index in [0.717, 1.165) is 11.3 Å². The molecular formula is C11H16N4O3S2. The van der Waals surface area contributed by atoms with Crippen molar-refractivity contribution in [2.75, 3.05) is 4.72 Å². The third-order valence-electron chi connectivity index (χ3n) is 2.33. The van der Waals surface area contributed by atoms with Crippen molar-refractivity contribution >= 4 is 26.5 Å². The van der Waals surface area contributed by atoms with Crippen LogP contribution >= 0.6 is 11.3 Å². The Balaban J connectivity index is 2.09. The van der Waals surface area contributed by atoms with Crippen LogP contribution in [0.5, 0.6) is 0 Å². The van der Waals surface area contributed by atoms with Gasteiger partial charge in [0.05, 0.1) is 6.54 Å². The summed E-state index contributed by atoms with van der Waals surface area (Å²) in [6.45, 7) is 6.23. The zero-order valence-corrected chi connectivity index (χ0v) is 13.0. The number of furan rings is 1. The second kappa shape index (κ2) is 5.90. The van der Waals surface area contributed by atoms with Crippen LogP contribution in [-0.2, 0) is 16.6 Å². The SMILES string of the molecule is Cc1nnc(NS(=O)(=O)c2ccc(CNC(C)C)o2)s1. The molecule has 0 atom stereocenters. The Bertz CT molecular complexity index is 675. The van der Waals surface area contributed by atoms with Crippen molar-refractivity contribution in [1.29, 1.82) is 0 Å². The van der Waals surface area contributed by atoms with E-state index in [0.29, 0.717) is 23.4 Å². The molecule has 0 aliphatic carbocycles. The summed E-state index contributed by atoms with van der Waals surface area (Å²) in [5.41, 5.74) is 0. The molecule has 20 heavy (non-hydrogen) atoms. The molecule has 9 heteroatoms. The lowest BCUT2D eigenvalue weighted by Gasteiger charge is -2.05. The van der Waals surface area contributed by atoms with E-state index < -0.39 is 10.0 Å². The highest BCUT2D eigenvalue weighted by molar-refractivity contribution is 7.92. The Hall–Kier alpha value is -1.45. The average molecular weight is 316 g/mol. The number of anilines is 1. The quantitative estimate of drug-likeness (QED) is 0.842. The van der Waals surface area contributed by atoms with E-state index in [-0.39, 0.29) is 10.2 Å². The largest absolute Gasteiger partial charge is 0.446 e. The molecule has 110 valence electrons. The Morgan fingerprint density at radius 2 is 2.10 bits per heavy atom. The number of aromatic nitrogens is 2. The number of hydrogen-bond acceptors (Lipinski definition) is 7. The molecular weight excluding hydrogens is 300 g/mol. The maximum absolute atomic E-state index is 12.1. The van der Waals surface area contributed by atoms with Gasteiger partial charge in [-0.2, -0.15) is 8.42 Å². The van der Waals surface area contributed by atoms with Gasteiger partial charge in [0.25, 0.3) is 10.0 Å². The predicted octanol–water partition coefficient (Wildman–Crippen LogP) is 1.74. The number of hydrogen-bond donors (Lipinski definition) is 2. The van der Waals surface area contributed by atoms with Crippen molar-refractivity contribution in [2.45, 2.75) is 38.5 Å². The van der Waals surface area contributed by atoms with Crippen molar-refractivity contribution in [2.24, 2.45) is 0 Å². The van der Waals surface area contributed by atoms with Gasteiger partial charge in [-0.15, -0.1) is 10.2 Å². The highest BCUT2D eigenvalue weighted by Crippen LogP contribution is 2.20. The first-order chi connectivity index (χ1) is 9.37. The van der Waals surface area contributed by atoms with Crippen molar-refractivity contribution in [1.82, 2.24) is 15.5 Å². The zero-order valence-electron chi connectivity index (χ0n) is 11.4. The number of sulfonamides is 1. The number of rotatable bonds is 6. The topological polar surface area (TPSA) is 97.1 Å². The molecule has 2 rings (SSSR count). The molecule has 2 heterocycles. The molecule has 0 aliphatic heterocycles. The van der Waals surface area contributed by atoms with Gasteiger partial charge >= 0.3 is 0 Å². The van der Waals surface area contributed by atoms with Gasteiger partial charge in [0.1, 0.15) is 10.8 Å². The second-order valence-corrected chi connectivity index (χ2v) is 7.28. The lowest BCUT2D eigenvalue weighted by Crippen LogP contribution is -2.21. The molecule has 0 bridgehead atoms. The smallest absolute Gasteiger partial charge is 0.297 e. The van der Waals surface area contributed by atoms with Gasteiger partial charge < -0.3 is 9.73 Å². The van der Waals surface area contributed by atoms with Crippen LogP contribution in [0.3, 0.4) is 0 Å². The van der Waals surface area contributed by atoms with E-state index in [1.165, 1.54) is 6.07 Å². The molecule has 2 aromatic rings. The molecule has 0 saturated carbocycles. The number of aryl methyl sites for hydroxylation is 1. The lowest BCUT2D eigenvalue weighted by atomic mass is 10.3. The van der Waals surface area contributed by atoms with Crippen LogP contribution in [0.15, 0.2) is 21.6 Å². The van der Waals surface area contributed by atoms with Gasteiger partial charge in [0, 0.05) is 6.04 Å². The van der Waals surface area contributed by atoms with Gasteiger partial charge in [-0.3, -0.25) is 4.72 Å². The highest BCUT2D eigenvalue weighted by atomic mass is 32.2. The summed E-state index contributed by atoms with van der Waals surface area (Å²) in [4.78, 5) is 0. The fourth-order valence-corrected chi connectivity index (χ4v) is 3.18. The van der Waals surface area contributed by atoms with Crippen LogP contribution in [0.2, 0.25) is 0 Å². The summed E-state index contributed by atoms with van der Waals surface area (Å²) in [5.74, 6) is 0.563. The van der Waals surface area contributed by atoms with Gasteiger partial charge in [-0.25, -0.2) is 0 Å². The van der Waals surface area contributed by atoms with Crippen LogP contribution < -0.4 is 10.0 Å². The molecule has 0 fully saturated rings. The van der Waals surface area contributed by atoms with Crippen molar-refractivity contribution in [3.8, 4) is 0 Å². The normalized spacial score (nSPS) is 12.0. The van der Waals surface area contributed by atoms with Crippen molar-refractivity contribution in [3.05, 3.63) is 22.9 Å². The van der Waals surface area contributed by atoms with Crippen LogP contribution in [0.25, 0.3) is 0 Å². The summed E-state index contributed by atoms with van der Waals surface area (Å²) < 4.78 is 31.8. The fourth-order valence-electron chi connectivity index (χ4n) is 1.41. The summed E-state index contributed by atoms with van der Waals surface area (Å²) in [6.07, 6.45) is 0. The predicted molar refractivity (Wildman–Crippen MR) is 76.1 cm³/mol. The summed E-state index contributed by atoms with van der Waals surface area (Å²) >= 11 is 1.16. The van der Waals surface area contributed by atoms with Crippen LogP contribution in [0.4, 0.5) is 5.13 Å². The van der Waals surface area contributed by atoms with Gasteiger partial charge in [0.15, 0.2) is 0 Å². The van der Waals surface area contributed by atoms with Crippen molar-refractivity contribution in [3.63, 3.8) is 0 Å². The lowest BCUT2D eigenvalue weighted by molar-refractivity contribution is 0.396. The van der Waals surface area contributed by atoms with E-state index in [2.05, 4.69) is 20.2 Å². The monoisotopic (exact) mass is 316 g/mol. The van der Waals surface area contributed by atoms with E-state index in [9.17, 15) is 8.42 Å². The fraction of sp³-hybridized carbons (Fsp3) is 0.455. The Kier molecular flexibility index (Phi) is 4.41. The minimum atomic E-state index is -3.75. The molecule has 0 aromatic carbocycles. The van der Waals surface area contributed by atoms with Crippen molar-refractivity contribution < 1.29 is 12.8 Å². The number of nitrogens with zero attached hydrogens (tertiary/aromatic N) is 2.